The lowest BCUT2D eigenvalue weighted by molar-refractivity contribution is -0.150. The molecule has 2 aromatic rings. The first-order valence-corrected chi connectivity index (χ1v) is 12.4. The van der Waals surface area contributed by atoms with Crippen LogP contribution in [0.4, 0.5) is 4.79 Å². The monoisotopic (exact) mass is 496 g/mol. The van der Waals surface area contributed by atoms with Crippen LogP contribution < -0.4 is 0 Å². The number of benzene rings is 1. The summed E-state index contributed by atoms with van der Waals surface area (Å²) in [5.41, 5.74) is 1.17. The number of cyclic esters (lactones) is 1. The van der Waals surface area contributed by atoms with Crippen LogP contribution in [0.3, 0.4) is 0 Å². The minimum absolute atomic E-state index is 0.00642. The van der Waals surface area contributed by atoms with Crippen LogP contribution in [0.15, 0.2) is 35.2 Å². The summed E-state index contributed by atoms with van der Waals surface area (Å²) in [5, 5.41) is 4.14. The number of rotatable bonds is 6. The average molecular weight is 497 g/mol. The fourth-order valence-corrected chi connectivity index (χ4v) is 6.41. The molecule has 12 heteroatoms. The molecule has 3 heterocycles. The quantitative estimate of drug-likeness (QED) is 0.563. The van der Waals surface area contributed by atoms with E-state index in [9.17, 15) is 18.0 Å². The van der Waals surface area contributed by atoms with E-state index in [1.807, 2.05) is 30.3 Å². The Labute approximate surface area is 197 Å². The number of esters is 1. The molecular formula is C21H25ClN4O6S. The van der Waals surface area contributed by atoms with Gasteiger partial charge in [-0.2, -0.15) is 9.40 Å². The van der Waals surface area contributed by atoms with E-state index in [-0.39, 0.29) is 42.4 Å². The van der Waals surface area contributed by atoms with Gasteiger partial charge in [0.25, 0.3) is 0 Å². The van der Waals surface area contributed by atoms with Gasteiger partial charge in [-0.1, -0.05) is 41.9 Å². The predicted octanol–water partition coefficient (Wildman–Crippen LogP) is 2.10. The molecule has 2 fully saturated rings. The van der Waals surface area contributed by atoms with Crippen molar-refractivity contribution in [1.82, 2.24) is 19.0 Å². The zero-order valence-corrected chi connectivity index (χ0v) is 19.9. The van der Waals surface area contributed by atoms with E-state index in [1.165, 1.54) is 13.9 Å². The summed E-state index contributed by atoms with van der Waals surface area (Å²) >= 11 is 6.17. The Bertz CT molecular complexity index is 1150. The predicted molar refractivity (Wildman–Crippen MR) is 118 cm³/mol. The van der Waals surface area contributed by atoms with Crippen LogP contribution in [0, 0.1) is 6.92 Å². The summed E-state index contributed by atoms with van der Waals surface area (Å²) in [6.07, 6.45) is 0.116. The number of sulfonamides is 1. The fourth-order valence-electron chi connectivity index (χ4n) is 4.24. The molecular weight excluding hydrogens is 472 g/mol. The Balaban J connectivity index is 1.41. The molecule has 0 aliphatic carbocycles. The number of halogens is 1. The van der Waals surface area contributed by atoms with Gasteiger partial charge in [-0.25, -0.2) is 18.0 Å². The molecule has 178 valence electrons. The zero-order valence-electron chi connectivity index (χ0n) is 18.3. The van der Waals surface area contributed by atoms with Gasteiger partial charge < -0.3 is 9.47 Å². The number of hydrogen-bond acceptors (Lipinski definition) is 7. The van der Waals surface area contributed by atoms with Crippen molar-refractivity contribution in [3.8, 4) is 0 Å². The van der Waals surface area contributed by atoms with Crippen molar-refractivity contribution >= 4 is 33.7 Å². The van der Waals surface area contributed by atoms with Crippen molar-refractivity contribution in [2.45, 2.75) is 43.4 Å². The highest BCUT2D eigenvalue weighted by Crippen LogP contribution is 2.31. The first-order valence-electron chi connectivity index (χ1n) is 10.5. The standard InChI is InChI=1S/C21H25ClN4O6S/c1-14-18(19(22)24(2)23-14)33(29,30)25-10-8-16(9-11-25)26-17(13-32-21(26)28)20(27)31-12-15-6-4-3-5-7-15/h3-7,16-17H,8-13H2,1-2H3/t17-/m0/s1. The summed E-state index contributed by atoms with van der Waals surface area (Å²) in [7, 11) is -2.26. The second-order valence-corrected chi connectivity index (χ2v) is 10.3. The highest BCUT2D eigenvalue weighted by atomic mass is 35.5. The van der Waals surface area contributed by atoms with E-state index in [2.05, 4.69) is 5.10 Å². The van der Waals surface area contributed by atoms with E-state index in [1.54, 1.807) is 14.0 Å². The van der Waals surface area contributed by atoms with Crippen molar-refractivity contribution in [1.29, 1.82) is 0 Å². The average Bonchev–Trinajstić information content (AvgIpc) is 3.31. The minimum atomic E-state index is -3.84. The summed E-state index contributed by atoms with van der Waals surface area (Å²) in [5.74, 6) is -0.544. The number of carbonyl (C=O) groups is 2. The van der Waals surface area contributed by atoms with Gasteiger partial charge in [-0.3, -0.25) is 9.58 Å². The number of hydrogen-bond donors (Lipinski definition) is 0. The summed E-state index contributed by atoms with van der Waals surface area (Å²) in [6.45, 7) is 1.95. The maximum absolute atomic E-state index is 13.1. The number of aryl methyl sites for hydroxylation is 2. The molecule has 0 spiro atoms. The van der Waals surface area contributed by atoms with Gasteiger partial charge in [0.05, 0.1) is 5.69 Å². The first-order chi connectivity index (χ1) is 15.7. The van der Waals surface area contributed by atoms with Gasteiger partial charge in [0.2, 0.25) is 10.0 Å². The molecule has 10 nitrogen and oxygen atoms in total. The molecule has 1 atom stereocenters. The van der Waals surface area contributed by atoms with Gasteiger partial charge in [-0.15, -0.1) is 0 Å². The lowest BCUT2D eigenvalue weighted by Crippen LogP contribution is -2.52. The van der Waals surface area contributed by atoms with Crippen LogP contribution in [-0.2, 0) is 37.9 Å². The fraction of sp³-hybridized carbons (Fsp3) is 0.476. The molecule has 0 unspecified atom stereocenters. The van der Waals surface area contributed by atoms with Crippen LogP contribution >= 0.6 is 11.6 Å². The Morgan fingerprint density at radius 2 is 1.91 bits per heavy atom. The van der Waals surface area contributed by atoms with Crippen molar-refractivity contribution in [3.05, 3.63) is 46.7 Å². The zero-order chi connectivity index (χ0) is 23.8. The molecule has 2 aliphatic heterocycles. The lowest BCUT2D eigenvalue weighted by atomic mass is 10.0. The van der Waals surface area contributed by atoms with Gasteiger partial charge in [-0.05, 0) is 25.3 Å². The molecule has 0 radical (unpaired) electrons. The maximum Gasteiger partial charge on any atom is 0.410 e. The lowest BCUT2D eigenvalue weighted by Gasteiger charge is -2.36. The van der Waals surface area contributed by atoms with Gasteiger partial charge >= 0.3 is 12.1 Å². The Morgan fingerprint density at radius 1 is 1.24 bits per heavy atom. The third kappa shape index (κ3) is 4.57. The van der Waals surface area contributed by atoms with E-state index in [0.29, 0.717) is 18.5 Å². The second kappa shape index (κ2) is 9.32. The van der Waals surface area contributed by atoms with Gasteiger partial charge in [0.15, 0.2) is 6.04 Å². The number of nitrogens with zero attached hydrogens (tertiary/aromatic N) is 4. The van der Waals surface area contributed by atoms with Crippen LogP contribution in [-0.4, -0.2) is 71.2 Å². The Morgan fingerprint density at radius 3 is 2.52 bits per heavy atom. The van der Waals surface area contributed by atoms with Crippen LogP contribution in [0.5, 0.6) is 0 Å². The number of carbonyl (C=O) groups excluding carboxylic acids is 2. The molecule has 2 saturated heterocycles. The molecule has 0 N–H and O–H groups in total. The minimum Gasteiger partial charge on any atom is -0.459 e. The van der Waals surface area contributed by atoms with Gasteiger partial charge in [0, 0.05) is 26.2 Å². The van der Waals surface area contributed by atoms with Crippen LogP contribution in [0.2, 0.25) is 5.15 Å². The van der Waals surface area contributed by atoms with Gasteiger partial charge in [0.1, 0.15) is 23.3 Å². The SMILES string of the molecule is Cc1nn(C)c(Cl)c1S(=O)(=O)N1CCC(N2C(=O)OC[C@H]2C(=O)OCc2ccccc2)CC1. The van der Waals surface area contributed by atoms with E-state index in [0.717, 1.165) is 5.56 Å². The number of amides is 1. The van der Waals surface area contributed by atoms with Crippen molar-refractivity contribution in [2.24, 2.45) is 7.05 Å². The number of piperidine rings is 1. The third-order valence-corrected chi connectivity index (χ3v) is 8.52. The maximum atomic E-state index is 13.1. The molecule has 33 heavy (non-hydrogen) atoms. The van der Waals surface area contributed by atoms with Crippen molar-refractivity contribution < 1.29 is 27.5 Å². The number of aromatic nitrogens is 2. The molecule has 1 aromatic heterocycles. The third-order valence-electron chi connectivity index (χ3n) is 5.92. The summed E-state index contributed by atoms with van der Waals surface area (Å²) < 4.78 is 39.5. The van der Waals surface area contributed by atoms with E-state index in [4.69, 9.17) is 21.1 Å². The number of ether oxygens (including phenoxy) is 2. The first kappa shape index (κ1) is 23.5. The molecule has 2 aliphatic rings. The molecule has 4 rings (SSSR count). The highest BCUT2D eigenvalue weighted by Gasteiger charge is 2.45. The molecule has 1 amide bonds. The van der Waals surface area contributed by atoms with Crippen molar-refractivity contribution in [2.75, 3.05) is 19.7 Å². The van der Waals surface area contributed by atoms with Crippen LogP contribution in [0.25, 0.3) is 0 Å². The van der Waals surface area contributed by atoms with Crippen LogP contribution in [0.1, 0.15) is 24.1 Å². The molecule has 1 aromatic carbocycles. The topological polar surface area (TPSA) is 111 Å². The molecule has 0 saturated carbocycles. The highest BCUT2D eigenvalue weighted by molar-refractivity contribution is 7.89. The Hall–Kier alpha value is -2.63. The Kier molecular flexibility index (Phi) is 6.64. The second-order valence-electron chi connectivity index (χ2n) is 8.06. The van der Waals surface area contributed by atoms with E-state index >= 15 is 0 Å². The molecule has 0 bridgehead atoms. The largest absolute Gasteiger partial charge is 0.459 e. The summed E-state index contributed by atoms with van der Waals surface area (Å²) in [6, 6.07) is 8.05. The van der Waals surface area contributed by atoms with Crippen molar-refractivity contribution in [3.63, 3.8) is 0 Å². The van der Waals surface area contributed by atoms with E-state index < -0.39 is 28.1 Å². The smallest absolute Gasteiger partial charge is 0.410 e. The summed E-state index contributed by atoms with van der Waals surface area (Å²) in [4.78, 5) is 26.4. The normalized spacial score (nSPS) is 20.2.